The van der Waals surface area contributed by atoms with Crippen LogP contribution in [0.3, 0.4) is 0 Å². The van der Waals surface area contributed by atoms with Gasteiger partial charge in [-0.25, -0.2) is 14.8 Å². The lowest BCUT2D eigenvalue weighted by molar-refractivity contribution is -0.145. The van der Waals surface area contributed by atoms with E-state index in [1.54, 1.807) is 4.90 Å². The van der Waals surface area contributed by atoms with Gasteiger partial charge in [0.15, 0.2) is 5.13 Å². The average molecular weight is 911 g/mol. The number of fused-ring (bicyclic) bond motifs is 2. The lowest BCUT2D eigenvalue weighted by Gasteiger charge is -2.36. The smallest absolute Gasteiger partial charge is 0.408 e. The normalized spacial score (nSPS) is 27.2. The van der Waals surface area contributed by atoms with Crippen molar-refractivity contribution in [2.45, 2.75) is 116 Å². The van der Waals surface area contributed by atoms with E-state index in [4.69, 9.17) is 45.3 Å². The number of carbonyl (C=O) groups excluding carboxylic acids is 3. The summed E-state index contributed by atoms with van der Waals surface area (Å²) < 4.78 is 29.8. The number of carbonyl (C=O) groups is 3. The number of alkyl carbamates (subject to hydrolysis) is 1. The Kier molecular flexibility index (Phi) is 13.7. The van der Waals surface area contributed by atoms with Crippen LogP contribution in [0.1, 0.15) is 80.1 Å². The molecule has 5 fully saturated rings. The van der Waals surface area contributed by atoms with Gasteiger partial charge in [0.2, 0.25) is 5.91 Å². The maximum absolute atomic E-state index is 14.9. The van der Waals surface area contributed by atoms with Gasteiger partial charge in [-0.1, -0.05) is 45.7 Å². The van der Waals surface area contributed by atoms with Crippen LogP contribution in [-0.2, 0) is 23.8 Å². The van der Waals surface area contributed by atoms with Gasteiger partial charge in [-0.3, -0.25) is 19.8 Å². The molecular weight excluding hydrogens is 846 g/mol. The van der Waals surface area contributed by atoms with Crippen molar-refractivity contribution in [3.63, 3.8) is 0 Å². The number of benzene rings is 1. The highest BCUT2D eigenvalue weighted by Gasteiger charge is 2.60. The number of thiazole rings is 1. The van der Waals surface area contributed by atoms with Crippen LogP contribution in [0.15, 0.2) is 23.6 Å². The molecule has 3 aromatic rings. The van der Waals surface area contributed by atoms with Gasteiger partial charge in [0.05, 0.1) is 38.1 Å². The highest BCUT2D eigenvalue weighted by atomic mass is 35.5. The third-order valence-electron chi connectivity index (χ3n) is 13.4. The van der Waals surface area contributed by atoms with Gasteiger partial charge in [-0.2, -0.15) is 0 Å². The minimum atomic E-state index is -0.881. The minimum Gasteiger partial charge on any atom is -0.491 e. The molecule has 5 aliphatic rings. The van der Waals surface area contributed by atoms with Gasteiger partial charge in [0, 0.05) is 61.5 Å². The van der Waals surface area contributed by atoms with Crippen molar-refractivity contribution >= 4 is 56.9 Å². The number of rotatable bonds is 17. The molecule has 8 atom stereocenters. The third kappa shape index (κ3) is 10.3. The van der Waals surface area contributed by atoms with Gasteiger partial charge in [-0.15, -0.1) is 11.3 Å². The summed E-state index contributed by atoms with van der Waals surface area (Å²) in [4.78, 5) is 55.4. The molecule has 4 heterocycles. The molecule has 8 rings (SSSR count). The second-order valence-electron chi connectivity index (χ2n) is 19.4. The number of ether oxygens (including phenoxy) is 5. The maximum atomic E-state index is 14.9. The van der Waals surface area contributed by atoms with Crippen molar-refractivity contribution in [1.29, 1.82) is 0 Å². The zero-order chi connectivity index (χ0) is 44.6. The zero-order valence-electron chi connectivity index (χ0n) is 37.7. The van der Waals surface area contributed by atoms with Crippen molar-refractivity contribution in [2.24, 2.45) is 23.2 Å². The van der Waals surface area contributed by atoms with Crippen LogP contribution in [0, 0.1) is 23.2 Å². The number of likely N-dealkylation sites (tertiary alicyclic amines) is 1. The molecule has 17 heteroatoms. The van der Waals surface area contributed by atoms with E-state index in [0.717, 1.165) is 44.0 Å². The number of amides is 2. The number of pyridine rings is 1. The lowest BCUT2D eigenvalue weighted by atomic mass is 9.85. The number of aromatic nitrogens is 2. The average Bonchev–Trinajstić information content (AvgIpc) is 3.95. The topological polar surface area (TPSA) is 166 Å². The molecule has 2 aromatic heterocycles. The Morgan fingerprint density at radius 1 is 1.03 bits per heavy atom. The summed E-state index contributed by atoms with van der Waals surface area (Å²) in [6.07, 6.45) is 3.73. The Hall–Kier alpha value is -3.96. The van der Waals surface area contributed by atoms with Gasteiger partial charge in [-0.05, 0) is 74.8 Å². The standard InChI is InChI=1S/C46H64ClN7O8S/c1-8-29-22-46(29,42(56)58-7)48-23-30-20-32(24-54(30)41(55)40(45(4,5)6)52-44(57)62-31-18-27-17-28(27)19-31)61-37-21-34(35-25-63-43(51-35)49-26(2)3)50-39-33(37)9-10-36(38(39)47)60-16-13-53-11-14-59-15-12-53/h9-10,21,25-32,40,48H,8,11-20,22-24H2,1-7H3,(H,49,51)(H,52,57)/t27-,28+,29-,30+,31?,32-,40-,46-/m1/s1. The molecule has 1 aromatic carbocycles. The minimum absolute atomic E-state index is 0.126. The third-order valence-corrected chi connectivity index (χ3v) is 14.5. The summed E-state index contributed by atoms with van der Waals surface area (Å²) in [5.41, 5.74) is 0.303. The van der Waals surface area contributed by atoms with E-state index in [1.807, 2.05) is 44.4 Å². The molecule has 0 spiro atoms. The van der Waals surface area contributed by atoms with Crippen LogP contribution in [0.25, 0.3) is 22.3 Å². The largest absolute Gasteiger partial charge is 0.491 e. The first-order chi connectivity index (χ1) is 30.1. The summed E-state index contributed by atoms with van der Waals surface area (Å²) in [6.45, 7) is 16.9. The first-order valence-electron chi connectivity index (χ1n) is 22.7. The van der Waals surface area contributed by atoms with Gasteiger partial charge in [0.25, 0.3) is 0 Å². The molecular formula is C46H64ClN7O8S. The Labute approximate surface area is 379 Å². The van der Waals surface area contributed by atoms with Crippen molar-refractivity contribution < 1.29 is 38.1 Å². The first kappa shape index (κ1) is 45.6. The molecule has 0 radical (unpaired) electrons. The van der Waals surface area contributed by atoms with E-state index < -0.39 is 29.2 Å². The van der Waals surface area contributed by atoms with E-state index in [1.165, 1.54) is 24.9 Å². The van der Waals surface area contributed by atoms with E-state index >= 15 is 0 Å². The maximum Gasteiger partial charge on any atom is 0.408 e. The second kappa shape index (κ2) is 18.9. The number of hydrogen-bond donors (Lipinski definition) is 3. The molecule has 3 aliphatic carbocycles. The molecule has 15 nitrogen and oxygen atoms in total. The molecule has 2 saturated heterocycles. The number of methoxy groups -OCH3 is 1. The van der Waals surface area contributed by atoms with Crippen LogP contribution in [0.2, 0.25) is 5.02 Å². The van der Waals surface area contributed by atoms with E-state index in [0.29, 0.717) is 89.9 Å². The Bertz CT molecular complexity index is 2130. The Morgan fingerprint density at radius 2 is 1.79 bits per heavy atom. The number of halogens is 1. The highest BCUT2D eigenvalue weighted by Crippen LogP contribution is 2.52. The number of hydrogen-bond acceptors (Lipinski definition) is 14. The molecule has 63 heavy (non-hydrogen) atoms. The number of anilines is 1. The van der Waals surface area contributed by atoms with Crippen LogP contribution >= 0.6 is 22.9 Å². The highest BCUT2D eigenvalue weighted by molar-refractivity contribution is 7.14. The fourth-order valence-electron chi connectivity index (χ4n) is 9.68. The first-order valence-corrected chi connectivity index (χ1v) is 24.0. The Morgan fingerprint density at radius 3 is 2.48 bits per heavy atom. The van der Waals surface area contributed by atoms with Crippen molar-refractivity contribution in [3.8, 4) is 22.9 Å². The number of esters is 1. The van der Waals surface area contributed by atoms with Crippen LogP contribution in [-0.4, -0.2) is 133 Å². The zero-order valence-corrected chi connectivity index (χ0v) is 39.2. The summed E-state index contributed by atoms with van der Waals surface area (Å²) in [5, 5.41) is 13.7. The monoisotopic (exact) mass is 909 g/mol. The van der Waals surface area contributed by atoms with Gasteiger partial charge >= 0.3 is 12.1 Å². The quantitative estimate of drug-likeness (QED) is 0.122. The summed E-state index contributed by atoms with van der Waals surface area (Å²) in [5.74, 6) is 1.95. The van der Waals surface area contributed by atoms with Gasteiger partial charge < -0.3 is 39.2 Å². The Balaban J connectivity index is 1.08. The molecule has 344 valence electrons. The van der Waals surface area contributed by atoms with Gasteiger partial charge in [0.1, 0.15) is 52.6 Å². The van der Waals surface area contributed by atoms with Crippen LogP contribution in [0.4, 0.5) is 9.93 Å². The summed E-state index contributed by atoms with van der Waals surface area (Å²) in [6, 6.07) is 4.58. The molecule has 2 amide bonds. The second-order valence-corrected chi connectivity index (χ2v) is 20.6. The van der Waals surface area contributed by atoms with Crippen molar-refractivity contribution in [1.82, 2.24) is 30.4 Å². The van der Waals surface area contributed by atoms with Crippen LogP contribution < -0.4 is 25.4 Å². The van der Waals surface area contributed by atoms with E-state index in [2.05, 4.69) is 41.6 Å². The van der Waals surface area contributed by atoms with E-state index in [-0.39, 0.29) is 42.5 Å². The molecule has 0 bridgehead atoms. The molecule has 3 saturated carbocycles. The SMILES string of the molecule is CC[C@@H]1C[C@]1(NC[C@@H]1C[C@@H](Oc2cc(-c3csc(NC(C)C)n3)nc3c(Cl)c(OCCN4CCOCC4)ccc23)CN1C(=O)[C@@H](NC(=O)OC1C[C@@H]2C[C@@H]2C1)C(C)(C)C)C(=O)OC. The summed E-state index contributed by atoms with van der Waals surface area (Å²) >= 11 is 8.65. The van der Waals surface area contributed by atoms with E-state index in [9.17, 15) is 14.4 Å². The fraction of sp³-hybridized carbons (Fsp3) is 0.674. The summed E-state index contributed by atoms with van der Waals surface area (Å²) in [7, 11) is 1.41. The molecule has 1 unspecified atom stereocenters. The molecule has 3 N–H and O–H groups in total. The predicted octanol–water partition coefficient (Wildman–Crippen LogP) is 6.76. The predicted molar refractivity (Wildman–Crippen MR) is 243 cm³/mol. The fourth-order valence-corrected chi connectivity index (χ4v) is 10.8. The van der Waals surface area contributed by atoms with Crippen molar-refractivity contribution in [3.05, 3.63) is 28.6 Å². The number of nitrogens with one attached hydrogen (secondary N) is 3. The number of morpholine rings is 1. The number of nitrogens with zero attached hydrogens (tertiary/aromatic N) is 4. The lowest BCUT2D eigenvalue weighted by Crippen LogP contribution is -2.58. The van der Waals surface area contributed by atoms with Crippen molar-refractivity contribution in [2.75, 3.05) is 65.0 Å². The molecule has 2 aliphatic heterocycles. The van der Waals surface area contributed by atoms with Crippen LogP contribution in [0.5, 0.6) is 11.5 Å².